The van der Waals surface area contributed by atoms with Crippen LogP contribution in [0.15, 0.2) is 4.90 Å². The summed E-state index contributed by atoms with van der Waals surface area (Å²) in [5.74, 6) is 0. The molecule has 1 N–H and O–H groups in total. The fourth-order valence-corrected chi connectivity index (χ4v) is 3.71. The van der Waals surface area contributed by atoms with Gasteiger partial charge in [0, 0.05) is 18.4 Å². The minimum absolute atomic E-state index is 0.0984. The lowest BCUT2D eigenvalue weighted by Crippen LogP contribution is -2.36. The Balaban J connectivity index is 3.22. The Labute approximate surface area is 104 Å². The molecule has 0 spiro atoms. The molecule has 0 saturated carbocycles. The van der Waals surface area contributed by atoms with E-state index in [1.165, 1.54) is 4.31 Å². The second-order valence-corrected chi connectivity index (χ2v) is 6.37. The van der Waals surface area contributed by atoms with Crippen molar-refractivity contribution < 1.29 is 8.42 Å². The molecule has 1 rings (SSSR count). The fourth-order valence-electron chi connectivity index (χ4n) is 1.40. The highest BCUT2D eigenvalue weighted by molar-refractivity contribution is 9.09. The number of aromatic amines is 1. The van der Waals surface area contributed by atoms with Crippen LogP contribution in [-0.4, -0.2) is 41.3 Å². The number of aryl methyl sites for hydroxylation is 2. The Morgan fingerprint density at radius 2 is 2.06 bits per heavy atom. The molecule has 5 nitrogen and oxygen atoms in total. The number of hydrogen-bond acceptors (Lipinski definition) is 3. The van der Waals surface area contributed by atoms with Crippen molar-refractivity contribution in [3.63, 3.8) is 0 Å². The number of sulfonamides is 1. The molecule has 0 aliphatic carbocycles. The van der Waals surface area contributed by atoms with Gasteiger partial charge < -0.3 is 0 Å². The van der Waals surface area contributed by atoms with Gasteiger partial charge in [0.1, 0.15) is 4.90 Å². The van der Waals surface area contributed by atoms with Crippen LogP contribution in [0, 0.1) is 13.8 Å². The maximum Gasteiger partial charge on any atom is 0.246 e. The second-order valence-electron chi connectivity index (χ2n) is 3.79. The number of aromatic nitrogens is 2. The maximum absolute atomic E-state index is 12.3. The number of halogens is 1. The van der Waals surface area contributed by atoms with Crippen LogP contribution < -0.4 is 0 Å². The lowest BCUT2D eigenvalue weighted by atomic mass is 10.4. The standard InChI is InChI=1S/C9H16BrN3O2S/c1-6(5-10)13(4)16(14,15)9-7(2)11-12-8(9)3/h6H,5H2,1-4H3,(H,11,12). The van der Waals surface area contributed by atoms with E-state index in [1.54, 1.807) is 20.9 Å². The van der Waals surface area contributed by atoms with Gasteiger partial charge in [0.15, 0.2) is 0 Å². The molecule has 16 heavy (non-hydrogen) atoms. The quantitative estimate of drug-likeness (QED) is 0.856. The average Bonchev–Trinajstić information content (AvgIpc) is 2.56. The van der Waals surface area contributed by atoms with Crippen LogP contribution in [0.1, 0.15) is 18.3 Å². The largest absolute Gasteiger partial charge is 0.281 e. The summed E-state index contributed by atoms with van der Waals surface area (Å²) in [4.78, 5) is 0.280. The first kappa shape index (κ1) is 13.7. The molecule has 1 aromatic rings. The van der Waals surface area contributed by atoms with Crippen molar-refractivity contribution in [2.75, 3.05) is 12.4 Å². The summed E-state index contributed by atoms with van der Waals surface area (Å²) in [6.45, 7) is 5.24. The molecule has 0 aliphatic rings. The van der Waals surface area contributed by atoms with E-state index in [4.69, 9.17) is 0 Å². The van der Waals surface area contributed by atoms with Crippen molar-refractivity contribution in [3.05, 3.63) is 11.4 Å². The van der Waals surface area contributed by atoms with Crippen molar-refractivity contribution in [3.8, 4) is 0 Å². The number of hydrogen-bond donors (Lipinski definition) is 1. The van der Waals surface area contributed by atoms with Gasteiger partial charge in [0.2, 0.25) is 10.0 Å². The molecular weight excluding hydrogens is 294 g/mol. The summed E-state index contributed by atoms with van der Waals surface area (Å²) in [7, 11) is -1.88. The van der Waals surface area contributed by atoms with E-state index in [-0.39, 0.29) is 10.9 Å². The van der Waals surface area contributed by atoms with E-state index in [0.29, 0.717) is 16.7 Å². The highest BCUT2D eigenvalue weighted by atomic mass is 79.9. The van der Waals surface area contributed by atoms with Gasteiger partial charge in [-0.2, -0.15) is 9.40 Å². The lowest BCUT2D eigenvalue weighted by Gasteiger charge is -2.22. The lowest BCUT2D eigenvalue weighted by molar-refractivity contribution is 0.415. The van der Waals surface area contributed by atoms with E-state index in [0.717, 1.165) is 0 Å². The fraction of sp³-hybridized carbons (Fsp3) is 0.667. The Hall–Kier alpha value is -0.400. The van der Waals surface area contributed by atoms with Crippen LogP contribution in [0.25, 0.3) is 0 Å². The minimum Gasteiger partial charge on any atom is -0.281 e. The molecule has 0 fully saturated rings. The maximum atomic E-state index is 12.3. The Bertz CT molecular complexity index is 450. The van der Waals surface area contributed by atoms with Crippen molar-refractivity contribution >= 4 is 26.0 Å². The molecule has 1 unspecified atom stereocenters. The molecule has 0 aliphatic heterocycles. The van der Waals surface area contributed by atoms with Crippen LogP contribution in [0.3, 0.4) is 0 Å². The van der Waals surface area contributed by atoms with E-state index < -0.39 is 10.0 Å². The monoisotopic (exact) mass is 309 g/mol. The first-order chi connectivity index (χ1) is 7.32. The smallest absolute Gasteiger partial charge is 0.246 e. The molecule has 1 heterocycles. The predicted molar refractivity (Wildman–Crippen MR) is 66.3 cm³/mol. The third-order valence-corrected chi connectivity index (χ3v) is 5.71. The van der Waals surface area contributed by atoms with E-state index in [1.807, 2.05) is 6.92 Å². The van der Waals surface area contributed by atoms with Crippen molar-refractivity contribution in [2.45, 2.75) is 31.7 Å². The SMILES string of the molecule is Cc1n[nH]c(C)c1S(=O)(=O)N(C)C(C)CBr. The van der Waals surface area contributed by atoms with Crippen LogP contribution in [0.5, 0.6) is 0 Å². The van der Waals surface area contributed by atoms with Crippen LogP contribution in [0.2, 0.25) is 0 Å². The Morgan fingerprint density at radius 1 is 1.50 bits per heavy atom. The van der Waals surface area contributed by atoms with E-state index >= 15 is 0 Å². The Kier molecular flexibility index (Phi) is 4.14. The molecule has 0 radical (unpaired) electrons. The van der Waals surface area contributed by atoms with Gasteiger partial charge in [-0.1, -0.05) is 15.9 Å². The molecule has 1 aromatic heterocycles. The molecule has 0 bridgehead atoms. The number of H-pyrrole nitrogens is 1. The summed E-state index contributed by atoms with van der Waals surface area (Å²) < 4.78 is 25.9. The summed E-state index contributed by atoms with van der Waals surface area (Å²) in [6, 6.07) is -0.0984. The van der Waals surface area contributed by atoms with Crippen LogP contribution >= 0.6 is 15.9 Å². The molecule has 0 amide bonds. The van der Waals surface area contributed by atoms with Crippen LogP contribution in [0.4, 0.5) is 0 Å². The van der Waals surface area contributed by atoms with Gasteiger partial charge in [-0.15, -0.1) is 0 Å². The van der Waals surface area contributed by atoms with Gasteiger partial charge >= 0.3 is 0 Å². The first-order valence-electron chi connectivity index (χ1n) is 4.88. The normalized spacial score (nSPS) is 14.4. The highest BCUT2D eigenvalue weighted by Crippen LogP contribution is 2.22. The van der Waals surface area contributed by atoms with E-state index in [9.17, 15) is 8.42 Å². The highest BCUT2D eigenvalue weighted by Gasteiger charge is 2.29. The predicted octanol–water partition coefficient (Wildman–Crippen LogP) is 1.43. The number of nitrogens with zero attached hydrogens (tertiary/aromatic N) is 2. The Morgan fingerprint density at radius 3 is 2.44 bits per heavy atom. The van der Waals surface area contributed by atoms with Crippen LogP contribution in [-0.2, 0) is 10.0 Å². The molecular formula is C9H16BrN3O2S. The number of rotatable bonds is 4. The molecule has 0 saturated heterocycles. The van der Waals surface area contributed by atoms with Gasteiger partial charge in [-0.25, -0.2) is 8.42 Å². The molecule has 0 aromatic carbocycles. The van der Waals surface area contributed by atoms with Crippen molar-refractivity contribution in [2.24, 2.45) is 0 Å². The second kappa shape index (κ2) is 4.85. The summed E-state index contributed by atoms with van der Waals surface area (Å²) in [6.07, 6.45) is 0. The zero-order chi connectivity index (χ0) is 12.5. The van der Waals surface area contributed by atoms with Gasteiger partial charge in [-0.3, -0.25) is 5.10 Å². The molecule has 7 heteroatoms. The third-order valence-electron chi connectivity index (χ3n) is 2.54. The average molecular weight is 310 g/mol. The first-order valence-corrected chi connectivity index (χ1v) is 7.44. The van der Waals surface area contributed by atoms with Crippen molar-refractivity contribution in [1.82, 2.24) is 14.5 Å². The molecule has 1 atom stereocenters. The zero-order valence-corrected chi connectivity index (χ0v) is 12.2. The third kappa shape index (κ3) is 2.31. The van der Waals surface area contributed by atoms with Gasteiger partial charge in [0.05, 0.1) is 11.4 Å². The van der Waals surface area contributed by atoms with E-state index in [2.05, 4.69) is 26.1 Å². The topological polar surface area (TPSA) is 66.1 Å². The van der Waals surface area contributed by atoms with Crippen molar-refractivity contribution in [1.29, 1.82) is 0 Å². The summed E-state index contributed by atoms with van der Waals surface area (Å²) in [5, 5.41) is 7.19. The summed E-state index contributed by atoms with van der Waals surface area (Å²) >= 11 is 3.28. The number of nitrogens with one attached hydrogen (secondary N) is 1. The minimum atomic E-state index is -3.46. The zero-order valence-electron chi connectivity index (χ0n) is 9.78. The summed E-state index contributed by atoms with van der Waals surface area (Å²) in [5.41, 5.74) is 1.08. The van der Waals surface area contributed by atoms with Gasteiger partial charge in [0.25, 0.3) is 0 Å². The number of alkyl halides is 1. The molecule has 92 valence electrons. The van der Waals surface area contributed by atoms with Gasteiger partial charge in [-0.05, 0) is 20.8 Å².